The van der Waals surface area contributed by atoms with Crippen molar-refractivity contribution in [1.29, 1.82) is 5.26 Å². The van der Waals surface area contributed by atoms with Gasteiger partial charge in [0.1, 0.15) is 16.8 Å². The summed E-state index contributed by atoms with van der Waals surface area (Å²) in [5.74, 6) is 0.869. The fraction of sp³-hybridized carbons (Fsp3) is 0.455. The predicted molar refractivity (Wildman–Crippen MR) is 115 cm³/mol. The van der Waals surface area contributed by atoms with Crippen molar-refractivity contribution in [3.63, 3.8) is 0 Å². The van der Waals surface area contributed by atoms with Crippen molar-refractivity contribution < 1.29 is 14.4 Å². The number of benzene rings is 1. The van der Waals surface area contributed by atoms with Crippen LogP contribution in [0.5, 0.6) is 5.75 Å². The van der Waals surface area contributed by atoms with E-state index in [0.717, 1.165) is 61.9 Å². The molecule has 2 aromatic rings. The van der Waals surface area contributed by atoms with Crippen LogP contribution in [-0.4, -0.2) is 45.7 Å². The number of ether oxygens (including phenoxy) is 1. The number of quaternary nitrogens is 1. The van der Waals surface area contributed by atoms with Gasteiger partial charge in [0.05, 0.1) is 38.9 Å². The Morgan fingerprint density at radius 1 is 1.31 bits per heavy atom. The van der Waals surface area contributed by atoms with Gasteiger partial charge >= 0.3 is 0 Å². The van der Waals surface area contributed by atoms with Gasteiger partial charge in [0.15, 0.2) is 6.54 Å². The zero-order valence-electron chi connectivity index (χ0n) is 16.8. The maximum Gasteiger partial charge on any atom is 0.280 e. The van der Waals surface area contributed by atoms with E-state index in [9.17, 15) is 10.1 Å². The Morgan fingerprint density at radius 3 is 2.86 bits per heavy atom. The van der Waals surface area contributed by atoms with Crippen LogP contribution in [0.4, 0.5) is 10.7 Å². The van der Waals surface area contributed by atoms with Crippen molar-refractivity contribution in [3.05, 3.63) is 40.3 Å². The van der Waals surface area contributed by atoms with E-state index in [2.05, 4.69) is 28.4 Å². The summed E-state index contributed by atoms with van der Waals surface area (Å²) in [6, 6.07) is 10.4. The zero-order chi connectivity index (χ0) is 20.2. The smallest absolute Gasteiger partial charge is 0.280 e. The monoisotopic (exact) mass is 411 g/mol. The number of thiophene rings is 1. The summed E-state index contributed by atoms with van der Waals surface area (Å²) < 4.78 is 5.32. The van der Waals surface area contributed by atoms with E-state index in [1.807, 2.05) is 12.1 Å². The normalized spacial score (nSPS) is 16.8. The lowest BCUT2D eigenvalue weighted by atomic mass is 9.96. The van der Waals surface area contributed by atoms with E-state index in [-0.39, 0.29) is 5.91 Å². The van der Waals surface area contributed by atoms with Crippen LogP contribution in [0, 0.1) is 11.3 Å². The van der Waals surface area contributed by atoms with Gasteiger partial charge in [-0.2, -0.15) is 5.26 Å². The van der Waals surface area contributed by atoms with Crippen molar-refractivity contribution in [3.8, 4) is 11.8 Å². The molecule has 7 heteroatoms. The fourth-order valence-electron chi connectivity index (χ4n) is 4.24. The molecule has 1 fully saturated rings. The molecule has 1 saturated heterocycles. The first-order valence-electron chi connectivity index (χ1n) is 10.2. The summed E-state index contributed by atoms with van der Waals surface area (Å²) in [4.78, 5) is 17.5. The summed E-state index contributed by atoms with van der Waals surface area (Å²) in [6.07, 6.45) is 4.30. The van der Waals surface area contributed by atoms with Crippen molar-refractivity contribution in [2.45, 2.75) is 25.7 Å². The number of anilines is 2. The number of hydrogen-bond acceptors (Lipinski definition) is 5. The molecule has 1 aromatic heterocycles. The standard InChI is InChI=1S/C22H26N4O2S/c1-28-17-6-4-5-16(13-17)26-11-9-25(10-12-26)15-21(27)24-22-19(14-23)18-7-2-3-8-20(18)29-22/h4-6,13H,2-3,7-12,15H2,1H3,(H,24,27)/p+1. The third kappa shape index (κ3) is 4.39. The minimum Gasteiger partial charge on any atom is -0.497 e. The number of nitrogens with one attached hydrogen (secondary N) is 2. The van der Waals surface area contributed by atoms with Crippen LogP contribution in [-0.2, 0) is 17.6 Å². The highest BCUT2D eigenvalue weighted by molar-refractivity contribution is 7.16. The number of hydrogen-bond donors (Lipinski definition) is 2. The van der Waals surface area contributed by atoms with Crippen LogP contribution in [0.2, 0.25) is 0 Å². The highest BCUT2D eigenvalue weighted by Gasteiger charge is 2.25. The number of carbonyl (C=O) groups is 1. The van der Waals surface area contributed by atoms with Gasteiger partial charge in [-0.1, -0.05) is 6.07 Å². The largest absolute Gasteiger partial charge is 0.497 e. The quantitative estimate of drug-likeness (QED) is 0.788. The minimum absolute atomic E-state index is 0.00456. The molecule has 1 aromatic carbocycles. The van der Waals surface area contributed by atoms with Gasteiger partial charge in [-0.15, -0.1) is 11.3 Å². The van der Waals surface area contributed by atoms with Crippen molar-refractivity contribution >= 4 is 27.9 Å². The molecule has 0 unspecified atom stereocenters. The van der Waals surface area contributed by atoms with Gasteiger partial charge in [0.2, 0.25) is 0 Å². The second-order valence-corrected chi connectivity index (χ2v) is 8.80. The molecular weight excluding hydrogens is 384 g/mol. The Kier molecular flexibility index (Phi) is 6.02. The van der Waals surface area contributed by atoms with Crippen LogP contribution in [0.1, 0.15) is 28.8 Å². The van der Waals surface area contributed by atoms with E-state index in [1.165, 1.54) is 21.8 Å². The molecule has 0 spiro atoms. The van der Waals surface area contributed by atoms with Gasteiger partial charge in [-0.25, -0.2) is 0 Å². The molecule has 6 nitrogen and oxygen atoms in total. The lowest BCUT2D eigenvalue weighted by molar-refractivity contribution is -0.892. The fourth-order valence-corrected chi connectivity index (χ4v) is 5.49. The molecule has 0 atom stereocenters. The van der Waals surface area contributed by atoms with Crippen molar-refractivity contribution in [2.75, 3.05) is 50.1 Å². The molecule has 152 valence electrons. The number of methoxy groups -OCH3 is 1. The van der Waals surface area contributed by atoms with Gasteiger partial charge in [0.25, 0.3) is 5.91 Å². The zero-order valence-corrected chi connectivity index (χ0v) is 17.6. The summed E-state index contributed by atoms with van der Waals surface area (Å²) >= 11 is 1.59. The Morgan fingerprint density at radius 2 is 2.10 bits per heavy atom. The van der Waals surface area contributed by atoms with Crippen LogP contribution < -0.4 is 19.9 Å². The molecule has 2 aliphatic rings. The molecule has 0 saturated carbocycles. The maximum absolute atomic E-state index is 12.6. The average molecular weight is 412 g/mol. The Bertz CT molecular complexity index is 925. The molecule has 29 heavy (non-hydrogen) atoms. The Hall–Kier alpha value is -2.56. The van der Waals surface area contributed by atoms with Crippen molar-refractivity contribution in [1.82, 2.24) is 0 Å². The molecular formula is C22H27N4O2S+. The summed E-state index contributed by atoms with van der Waals surface area (Å²) in [5.41, 5.74) is 3.02. The topological polar surface area (TPSA) is 69.8 Å². The first-order chi connectivity index (χ1) is 14.2. The average Bonchev–Trinajstić information content (AvgIpc) is 3.11. The summed E-state index contributed by atoms with van der Waals surface area (Å²) in [5, 5.41) is 13.3. The molecule has 0 radical (unpaired) electrons. The SMILES string of the molecule is COc1cccc(N2CC[NH+](CC(=O)Nc3sc4c(c3C#N)CCCC4)CC2)c1. The second kappa shape index (κ2) is 8.85. The number of amides is 1. The van der Waals surface area contributed by atoms with Gasteiger partial charge < -0.3 is 19.9 Å². The number of rotatable bonds is 5. The van der Waals surface area contributed by atoms with Gasteiger partial charge in [-0.05, 0) is 43.4 Å². The molecule has 1 aliphatic heterocycles. The Balaban J connectivity index is 1.32. The number of aryl methyl sites for hydroxylation is 1. The summed E-state index contributed by atoms with van der Waals surface area (Å²) in [6.45, 7) is 4.09. The highest BCUT2D eigenvalue weighted by atomic mass is 32.1. The molecule has 1 aliphatic carbocycles. The molecule has 0 bridgehead atoms. The minimum atomic E-state index is 0.00456. The van der Waals surface area contributed by atoms with Gasteiger partial charge in [0, 0.05) is 16.6 Å². The van der Waals surface area contributed by atoms with Crippen LogP contribution in [0.15, 0.2) is 24.3 Å². The molecule has 2 heterocycles. The number of carbonyl (C=O) groups excluding carboxylic acids is 1. The molecule has 4 rings (SSSR count). The predicted octanol–water partition coefficient (Wildman–Crippen LogP) is 1.85. The van der Waals surface area contributed by atoms with E-state index in [1.54, 1.807) is 18.4 Å². The van der Waals surface area contributed by atoms with E-state index >= 15 is 0 Å². The van der Waals surface area contributed by atoms with Crippen LogP contribution in [0.3, 0.4) is 0 Å². The lowest BCUT2D eigenvalue weighted by Crippen LogP contribution is -3.15. The van der Waals surface area contributed by atoms with E-state index in [0.29, 0.717) is 12.1 Å². The van der Waals surface area contributed by atoms with E-state index in [4.69, 9.17) is 4.74 Å². The summed E-state index contributed by atoms with van der Waals surface area (Å²) in [7, 11) is 1.68. The Labute approximate surface area is 175 Å². The molecule has 1 amide bonds. The first-order valence-corrected chi connectivity index (χ1v) is 11.1. The number of nitriles is 1. The third-order valence-corrected chi connectivity index (χ3v) is 7.04. The number of fused-ring (bicyclic) bond motifs is 1. The van der Waals surface area contributed by atoms with E-state index < -0.39 is 0 Å². The van der Waals surface area contributed by atoms with Gasteiger partial charge in [-0.3, -0.25) is 4.79 Å². The van der Waals surface area contributed by atoms with Crippen molar-refractivity contribution in [2.24, 2.45) is 0 Å². The third-order valence-electron chi connectivity index (χ3n) is 5.84. The number of nitrogens with zero attached hydrogens (tertiary/aromatic N) is 2. The molecule has 2 N–H and O–H groups in total. The van der Waals surface area contributed by atoms with Crippen LogP contribution >= 0.6 is 11.3 Å². The first kappa shape index (κ1) is 19.7. The van der Waals surface area contributed by atoms with Crippen LogP contribution in [0.25, 0.3) is 0 Å². The number of piperazine rings is 1. The maximum atomic E-state index is 12.6. The lowest BCUT2D eigenvalue weighted by Gasteiger charge is -2.33. The second-order valence-electron chi connectivity index (χ2n) is 7.69. The highest BCUT2D eigenvalue weighted by Crippen LogP contribution is 2.37.